The van der Waals surface area contributed by atoms with E-state index in [1.54, 1.807) is 24.3 Å². The van der Waals surface area contributed by atoms with Gasteiger partial charge in [0.25, 0.3) is 5.91 Å². The number of aromatic nitrogens is 4. The molecule has 144 valence electrons. The molecule has 0 unspecified atom stereocenters. The van der Waals surface area contributed by atoms with Crippen molar-refractivity contribution >= 4 is 23.4 Å². The zero-order valence-electron chi connectivity index (χ0n) is 15.7. The maximum absolute atomic E-state index is 12.8. The summed E-state index contributed by atoms with van der Waals surface area (Å²) in [7, 11) is 0. The van der Waals surface area contributed by atoms with Crippen LogP contribution in [0.1, 0.15) is 15.9 Å². The van der Waals surface area contributed by atoms with Crippen LogP contribution in [0.15, 0.2) is 78.6 Å². The second-order valence-corrected chi connectivity index (χ2v) is 7.94. The van der Waals surface area contributed by atoms with Crippen LogP contribution in [0, 0.1) is 0 Å². The molecule has 2 aromatic carbocycles. The Kier molecular flexibility index (Phi) is 4.65. The summed E-state index contributed by atoms with van der Waals surface area (Å²) in [5, 5.41) is 4.08. The standard InChI is InChI=1S/C22H19N5OS/c28-21(17-7-5-16(6-8-17)13-26-10-9-23-15-26)24-19-4-2-1-3-18(19)20-14-27-11-12-29-22(27)25-20/h1-10,14-15H,11-13H2,(H,24,28). The van der Waals surface area contributed by atoms with Crippen LogP contribution >= 0.6 is 11.8 Å². The molecule has 2 aromatic heterocycles. The van der Waals surface area contributed by atoms with E-state index in [0.717, 1.165) is 46.5 Å². The third-order valence-corrected chi connectivity index (χ3v) is 5.87. The van der Waals surface area contributed by atoms with Crippen LogP contribution in [-0.2, 0) is 13.1 Å². The first-order valence-electron chi connectivity index (χ1n) is 9.42. The molecule has 1 N–H and O–H groups in total. The van der Waals surface area contributed by atoms with Gasteiger partial charge in [-0.05, 0) is 23.8 Å². The molecule has 0 aliphatic carbocycles. The summed E-state index contributed by atoms with van der Waals surface area (Å²) in [4.78, 5) is 21.6. The third kappa shape index (κ3) is 3.69. The van der Waals surface area contributed by atoms with E-state index in [9.17, 15) is 4.79 Å². The average molecular weight is 401 g/mol. The lowest BCUT2D eigenvalue weighted by atomic mass is 10.1. The molecule has 0 spiro atoms. The Morgan fingerprint density at radius 1 is 1.14 bits per heavy atom. The van der Waals surface area contributed by atoms with Gasteiger partial charge in [-0.25, -0.2) is 9.97 Å². The molecule has 0 radical (unpaired) electrons. The fourth-order valence-electron chi connectivity index (χ4n) is 3.40. The number of benzene rings is 2. The Hall–Kier alpha value is -3.32. The fraction of sp³-hybridized carbons (Fsp3) is 0.136. The fourth-order valence-corrected chi connectivity index (χ4v) is 4.35. The Labute approximate surface area is 172 Å². The van der Waals surface area contributed by atoms with E-state index in [0.29, 0.717) is 5.56 Å². The molecule has 0 atom stereocenters. The molecule has 0 fully saturated rings. The number of carbonyl (C=O) groups excluding carboxylic acids is 1. The van der Waals surface area contributed by atoms with Gasteiger partial charge in [-0.2, -0.15) is 0 Å². The number of amides is 1. The minimum absolute atomic E-state index is 0.132. The summed E-state index contributed by atoms with van der Waals surface area (Å²) in [6.45, 7) is 1.71. The van der Waals surface area contributed by atoms with Crippen molar-refractivity contribution in [1.82, 2.24) is 19.1 Å². The maximum atomic E-state index is 12.8. The molecule has 3 heterocycles. The average Bonchev–Trinajstić information content (AvgIpc) is 3.47. The number of anilines is 1. The second kappa shape index (κ2) is 7.60. The summed E-state index contributed by atoms with van der Waals surface area (Å²) in [6, 6.07) is 15.4. The molecular weight excluding hydrogens is 382 g/mol. The minimum Gasteiger partial charge on any atom is -0.333 e. The molecule has 4 aromatic rings. The Morgan fingerprint density at radius 3 is 2.79 bits per heavy atom. The van der Waals surface area contributed by atoms with Crippen LogP contribution in [0.4, 0.5) is 5.69 Å². The molecule has 1 aliphatic rings. The van der Waals surface area contributed by atoms with Crippen LogP contribution in [0.2, 0.25) is 0 Å². The van der Waals surface area contributed by atoms with Crippen molar-refractivity contribution < 1.29 is 4.79 Å². The van der Waals surface area contributed by atoms with Crippen molar-refractivity contribution in [3.63, 3.8) is 0 Å². The molecule has 6 nitrogen and oxygen atoms in total. The molecular formula is C22H19N5OS. The molecule has 0 bridgehead atoms. The van der Waals surface area contributed by atoms with E-state index >= 15 is 0 Å². The normalized spacial score (nSPS) is 12.7. The van der Waals surface area contributed by atoms with Gasteiger partial charge in [-0.3, -0.25) is 4.79 Å². The summed E-state index contributed by atoms with van der Waals surface area (Å²) in [6.07, 6.45) is 7.52. The number of para-hydroxylation sites is 1. The number of imidazole rings is 2. The highest BCUT2D eigenvalue weighted by atomic mass is 32.2. The number of aryl methyl sites for hydroxylation is 1. The number of fused-ring (bicyclic) bond motifs is 1. The van der Waals surface area contributed by atoms with Gasteiger partial charge in [0.15, 0.2) is 5.16 Å². The van der Waals surface area contributed by atoms with E-state index in [-0.39, 0.29) is 5.91 Å². The van der Waals surface area contributed by atoms with Crippen LogP contribution < -0.4 is 5.32 Å². The maximum Gasteiger partial charge on any atom is 0.255 e. The van der Waals surface area contributed by atoms with Crippen molar-refractivity contribution in [3.8, 4) is 11.3 Å². The number of carbonyl (C=O) groups is 1. The SMILES string of the molecule is O=C(Nc1ccccc1-c1cn2c(n1)SCC2)c1ccc(Cn2ccnc2)cc1. The van der Waals surface area contributed by atoms with Gasteiger partial charge in [0.1, 0.15) is 0 Å². The van der Waals surface area contributed by atoms with Crippen LogP contribution in [0.25, 0.3) is 11.3 Å². The van der Waals surface area contributed by atoms with Gasteiger partial charge in [0, 0.05) is 48.6 Å². The minimum atomic E-state index is -0.132. The zero-order chi connectivity index (χ0) is 19.6. The topological polar surface area (TPSA) is 64.7 Å². The molecule has 1 aliphatic heterocycles. The van der Waals surface area contributed by atoms with Gasteiger partial charge >= 0.3 is 0 Å². The third-order valence-electron chi connectivity index (χ3n) is 4.89. The highest BCUT2D eigenvalue weighted by Gasteiger charge is 2.18. The predicted octanol–water partition coefficient (Wildman–Crippen LogP) is 4.15. The number of hydrogen-bond donors (Lipinski definition) is 1. The number of nitrogens with one attached hydrogen (secondary N) is 1. The van der Waals surface area contributed by atoms with Crippen molar-refractivity contribution in [2.45, 2.75) is 18.2 Å². The van der Waals surface area contributed by atoms with Crippen molar-refractivity contribution in [3.05, 3.63) is 84.6 Å². The molecule has 0 saturated carbocycles. The van der Waals surface area contributed by atoms with Crippen molar-refractivity contribution in [2.75, 3.05) is 11.1 Å². The lowest BCUT2D eigenvalue weighted by Gasteiger charge is -2.10. The monoisotopic (exact) mass is 401 g/mol. The van der Waals surface area contributed by atoms with E-state index < -0.39 is 0 Å². The molecule has 29 heavy (non-hydrogen) atoms. The lowest BCUT2D eigenvalue weighted by molar-refractivity contribution is 0.102. The number of nitrogens with zero attached hydrogens (tertiary/aromatic N) is 4. The van der Waals surface area contributed by atoms with E-state index in [1.165, 1.54) is 0 Å². The molecule has 1 amide bonds. The molecule has 5 rings (SSSR count). The van der Waals surface area contributed by atoms with Crippen LogP contribution in [0.5, 0.6) is 0 Å². The predicted molar refractivity (Wildman–Crippen MR) is 114 cm³/mol. The van der Waals surface area contributed by atoms with Crippen LogP contribution in [-0.4, -0.2) is 30.8 Å². The molecule has 0 saturated heterocycles. The second-order valence-electron chi connectivity index (χ2n) is 6.88. The highest BCUT2D eigenvalue weighted by molar-refractivity contribution is 7.99. The summed E-state index contributed by atoms with van der Waals surface area (Å²) in [5.74, 6) is 0.936. The largest absolute Gasteiger partial charge is 0.333 e. The lowest BCUT2D eigenvalue weighted by Crippen LogP contribution is -2.12. The van der Waals surface area contributed by atoms with E-state index in [1.807, 2.05) is 59.3 Å². The summed E-state index contributed by atoms with van der Waals surface area (Å²) in [5.41, 5.74) is 4.32. The first-order valence-corrected chi connectivity index (χ1v) is 10.4. The summed E-state index contributed by atoms with van der Waals surface area (Å²) < 4.78 is 4.16. The highest BCUT2D eigenvalue weighted by Crippen LogP contribution is 2.32. The van der Waals surface area contributed by atoms with Crippen molar-refractivity contribution in [2.24, 2.45) is 0 Å². The Bertz CT molecular complexity index is 1130. The number of rotatable bonds is 5. The Balaban J connectivity index is 1.34. The Morgan fingerprint density at radius 2 is 2.00 bits per heavy atom. The van der Waals surface area contributed by atoms with Gasteiger partial charge in [0.2, 0.25) is 0 Å². The van der Waals surface area contributed by atoms with E-state index in [4.69, 9.17) is 4.98 Å². The smallest absolute Gasteiger partial charge is 0.255 e. The van der Waals surface area contributed by atoms with Gasteiger partial charge in [0.05, 0.1) is 17.7 Å². The quantitative estimate of drug-likeness (QED) is 0.546. The molecule has 7 heteroatoms. The zero-order valence-corrected chi connectivity index (χ0v) is 16.5. The number of thioether (sulfide) groups is 1. The van der Waals surface area contributed by atoms with E-state index in [2.05, 4.69) is 21.1 Å². The van der Waals surface area contributed by atoms with Gasteiger partial charge < -0.3 is 14.5 Å². The van der Waals surface area contributed by atoms with Crippen LogP contribution in [0.3, 0.4) is 0 Å². The first-order chi connectivity index (χ1) is 14.3. The number of hydrogen-bond acceptors (Lipinski definition) is 4. The van der Waals surface area contributed by atoms with Gasteiger partial charge in [-0.15, -0.1) is 0 Å². The first kappa shape index (κ1) is 17.8. The van der Waals surface area contributed by atoms with Gasteiger partial charge in [-0.1, -0.05) is 42.1 Å². The summed E-state index contributed by atoms with van der Waals surface area (Å²) >= 11 is 1.76. The van der Waals surface area contributed by atoms with Crippen molar-refractivity contribution in [1.29, 1.82) is 0 Å².